The Morgan fingerprint density at radius 2 is 1.55 bits per heavy atom. The van der Waals surface area contributed by atoms with Gasteiger partial charge in [0.15, 0.2) is 0 Å². The Bertz CT molecular complexity index is 925. The van der Waals surface area contributed by atoms with Crippen molar-refractivity contribution in [3.8, 4) is 0 Å². The molecule has 0 saturated carbocycles. The van der Waals surface area contributed by atoms with Gasteiger partial charge in [-0.15, -0.1) is 0 Å². The van der Waals surface area contributed by atoms with E-state index in [9.17, 15) is 13.2 Å². The summed E-state index contributed by atoms with van der Waals surface area (Å²) in [6.07, 6.45) is 0. The first-order chi connectivity index (χ1) is 13.8. The molecule has 156 valence electrons. The topological polar surface area (TPSA) is 69.7 Å². The van der Waals surface area contributed by atoms with Crippen LogP contribution >= 0.6 is 11.6 Å². The Hall–Kier alpha value is -2.09. The van der Waals surface area contributed by atoms with E-state index in [1.54, 1.807) is 17.0 Å². The van der Waals surface area contributed by atoms with Crippen LogP contribution in [0, 0.1) is 5.92 Å². The number of rotatable bonds is 5. The summed E-state index contributed by atoms with van der Waals surface area (Å²) in [7, 11) is -3.59. The molecular formula is C21H26ClN3O3S. The highest BCUT2D eigenvalue weighted by Crippen LogP contribution is 2.23. The van der Waals surface area contributed by atoms with Gasteiger partial charge in [0.05, 0.1) is 10.9 Å². The van der Waals surface area contributed by atoms with Gasteiger partial charge in [0.25, 0.3) is 0 Å². The van der Waals surface area contributed by atoms with Crippen LogP contribution in [0.2, 0.25) is 5.02 Å². The molecule has 1 N–H and O–H groups in total. The van der Waals surface area contributed by atoms with Gasteiger partial charge in [0.1, 0.15) is 0 Å². The van der Waals surface area contributed by atoms with Crippen molar-refractivity contribution >= 4 is 27.7 Å². The van der Waals surface area contributed by atoms with Crippen molar-refractivity contribution < 1.29 is 13.2 Å². The quantitative estimate of drug-likeness (QED) is 0.777. The Morgan fingerprint density at radius 3 is 2.10 bits per heavy atom. The summed E-state index contributed by atoms with van der Waals surface area (Å²) in [5.41, 5.74) is 1.06. The molecule has 1 aliphatic heterocycles. The Morgan fingerprint density at radius 1 is 0.966 bits per heavy atom. The molecule has 0 bridgehead atoms. The van der Waals surface area contributed by atoms with Gasteiger partial charge in [-0.2, -0.15) is 4.31 Å². The minimum Gasteiger partial charge on any atom is -0.331 e. The molecule has 0 aliphatic carbocycles. The van der Waals surface area contributed by atoms with Gasteiger partial charge in [0, 0.05) is 31.2 Å². The molecule has 2 aromatic carbocycles. The number of amides is 2. The number of hydrogen-bond acceptors (Lipinski definition) is 3. The van der Waals surface area contributed by atoms with Gasteiger partial charge in [0.2, 0.25) is 10.0 Å². The van der Waals surface area contributed by atoms with E-state index in [-0.39, 0.29) is 36.0 Å². The normalized spacial score (nSPS) is 16.6. The molecule has 1 saturated heterocycles. The first kappa shape index (κ1) is 21.6. The van der Waals surface area contributed by atoms with Crippen LogP contribution in [-0.4, -0.2) is 49.8 Å². The average Bonchev–Trinajstić information content (AvgIpc) is 2.72. The number of benzene rings is 2. The molecule has 29 heavy (non-hydrogen) atoms. The molecule has 1 aliphatic rings. The third kappa shape index (κ3) is 5.10. The van der Waals surface area contributed by atoms with Gasteiger partial charge >= 0.3 is 6.03 Å². The standard InChI is InChI=1S/C21H26ClN3O3S/c1-16(2)20(17-6-4-3-5-7-17)23-21(26)24-12-14-25(15-13-24)29(27,28)19-10-8-18(22)9-11-19/h3-11,16,20H,12-15H2,1-2H3,(H,23,26). The molecule has 0 radical (unpaired) electrons. The van der Waals surface area contributed by atoms with E-state index in [1.165, 1.54) is 16.4 Å². The molecule has 2 amide bonds. The first-order valence-corrected chi connectivity index (χ1v) is 11.5. The van der Waals surface area contributed by atoms with Crippen LogP contribution in [-0.2, 0) is 10.0 Å². The Kier molecular flexibility index (Phi) is 6.82. The van der Waals surface area contributed by atoms with E-state index in [0.717, 1.165) is 5.56 Å². The molecule has 1 heterocycles. The van der Waals surface area contributed by atoms with Gasteiger partial charge in [-0.1, -0.05) is 55.8 Å². The predicted molar refractivity (Wildman–Crippen MR) is 114 cm³/mol. The Labute approximate surface area is 177 Å². The smallest absolute Gasteiger partial charge is 0.317 e. The fourth-order valence-corrected chi connectivity index (χ4v) is 4.95. The van der Waals surface area contributed by atoms with Gasteiger partial charge in [-0.25, -0.2) is 13.2 Å². The number of hydrogen-bond donors (Lipinski definition) is 1. The molecule has 1 fully saturated rings. The minimum absolute atomic E-state index is 0.0977. The summed E-state index contributed by atoms with van der Waals surface area (Å²) < 4.78 is 27.0. The lowest BCUT2D eigenvalue weighted by atomic mass is 9.96. The third-order valence-corrected chi connectivity index (χ3v) is 7.25. The van der Waals surface area contributed by atoms with Crippen molar-refractivity contribution in [3.63, 3.8) is 0 Å². The molecular weight excluding hydrogens is 410 g/mol. The lowest BCUT2D eigenvalue weighted by molar-refractivity contribution is 0.166. The van der Waals surface area contributed by atoms with Crippen molar-refractivity contribution in [2.75, 3.05) is 26.2 Å². The van der Waals surface area contributed by atoms with Crippen LogP contribution in [0.4, 0.5) is 4.79 Å². The molecule has 8 heteroatoms. The van der Waals surface area contributed by atoms with Crippen LogP contribution in [0.3, 0.4) is 0 Å². The van der Waals surface area contributed by atoms with Crippen LogP contribution in [0.1, 0.15) is 25.5 Å². The first-order valence-electron chi connectivity index (χ1n) is 9.65. The summed E-state index contributed by atoms with van der Waals surface area (Å²) >= 11 is 5.85. The maximum absolute atomic E-state index is 12.8. The van der Waals surface area contributed by atoms with Crippen LogP contribution < -0.4 is 5.32 Å². The average molecular weight is 436 g/mol. The van der Waals surface area contributed by atoms with Crippen molar-refractivity contribution in [2.45, 2.75) is 24.8 Å². The lowest BCUT2D eigenvalue weighted by Crippen LogP contribution is -2.53. The molecule has 2 aromatic rings. The van der Waals surface area contributed by atoms with E-state index in [0.29, 0.717) is 18.1 Å². The van der Waals surface area contributed by atoms with Gasteiger partial charge in [-0.05, 0) is 35.7 Å². The molecule has 0 spiro atoms. The van der Waals surface area contributed by atoms with Gasteiger partial charge in [-0.3, -0.25) is 0 Å². The van der Waals surface area contributed by atoms with Crippen molar-refractivity contribution in [3.05, 3.63) is 65.2 Å². The Balaban J connectivity index is 1.62. The zero-order chi connectivity index (χ0) is 21.0. The number of carbonyl (C=O) groups is 1. The van der Waals surface area contributed by atoms with E-state index < -0.39 is 10.0 Å². The van der Waals surface area contributed by atoms with Crippen LogP contribution in [0.25, 0.3) is 0 Å². The maximum Gasteiger partial charge on any atom is 0.317 e. The number of carbonyl (C=O) groups excluding carboxylic acids is 1. The van der Waals surface area contributed by atoms with E-state index >= 15 is 0 Å². The summed E-state index contributed by atoms with van der Waals surface area (Å²) in [5.74, 6) is 0.230. The van der Waals surface area contributed by atoms with E-state index in [1.807, 2.05) is 30.3 Å². The van der Waals surface area contributed by atoms with Crippen LogP contribution in [0.5, 0.6) is 0 Å². The molecule has 6 nitrogen and oxygen atoms in total. The molecule has 3 rings (SSSR count). The number of nitrogens with one attached hydrogen (secondary N) is 1. The number of nitrogens with zero attached hydrogens (tertiary/aromatic N) is 2. The van der Waals surface area contributed by atoms with Gasteiger partial charge < -0.3 is 10.2 Å². The van der Waals surface area contributed by atoms with E-state index in [2.05, 4.69) is 19.2 Å². The zero-order valence-corrected chi connectivity index (χ0v) is 18.2. The predicted octanol–water partition coefficient (Wildman–Crippen LogP) is 3.75. The molecule has 0 aromatic heterocycles. The zero-order valence-electron chi connectivity index (χ0n) is 16.6. The summed E-state index contributed by atoms with van der Waals surface area (Å²) in [5, 5.41) is 3.59. The summed E-state index contributed by atoms with van der Waals surface area (Å²) in [6.45, 7) is 5.34. The summed E-state index contributed by atoms with van der Waals surface area (Å²) in [6, 6.07) is 15.7. The second kappa shape index (κ2) is 9.15. The monoisotopic (exact) mass is 435 g/mol. The number of piperazine rings is 1. The lowest BCUT2D eigenvalue weighted by Gasteiger charge is -2.35. The van der Waals surface area contributed by atoms with Crippen LogP contribution in [0.15, 0.2) is 59.5 Å². The second-order valence-electron chi connectivity index (χ2n) is 7.43. The maximum atomic E-state index is 12.8. The highest BCUT2D eigenvalue weighted by atomic mass is 35.5. The molecule has 1 unspecified atom stereocenters. The van der Waals surface area contributed by atoms with Crippen molar-refractivity contribution in [1.82, 2.24) is 14.5 Å². The second-order valence-corrected chi connectivity index (χ2v) is 9.80. The SMILES string of the molecule is CC(C)C(NC(=O)N1CCN(S(=O)(=O)c2ccc(Cl)cc2)CC1)c1ccccc1. The summed E-state index contributed by atoms with van der Waals surface area (Å²) in [4.78, 5) is 14.7. The largest absolute Gasteiger partial charge is 0.331 e. The number of halogens is 1. The fourth-order valence-electron chi connectivity index (χ4n) is 3.41. The van der Waals surface area contributed by atoms with E-state index in [4.69, 9.17) is 11.6 Å². The highest BCUT2D eigenvalue weighted by molar-refractivity contribution is 7.89. The number of sulfonamides is 1. The third-order valence-electron chi connectivity index (χ3n) is 5.08. The highest BCUT2D eigenvalue weighted by Gasteiger charge is 2.31. The van der Waals surface area contributed by atoms with Crippen molar-refractivity contribution in [1.29, 1.82) is 0 Å². The number of urea groups is 1. The molecule has 1 atom stereocenters. The fraction of sp³-hybridized carbons (Fsp3) is 0.381. The minimum atomic E-state index is -3.59. The van der Waals surface area contributed by atoms with Crippen molar-refractivity contribution in [2.24, 2.45) is 5.92 Å².